The highest BCUT2D eigenvalue weighted by molar-refractivity contribution is 6.07. The minimum Gasteiger partial charge on any atom is -0.497 e. The van der Waals surface area contributed by atoms with Gasteiger partial charge in [0.15, 0.2) is 0 Å². The summed E-state index contributed by atoms with van der Waals surface area (Å²) < 4.78 is 11.6. The average molecular weight is 526 g/mol. The summed E-state index contributed by atoms with van der Waals surface area (Å²) in [5.41, 5.74) is 4.14. The van der Waals surface area contributed by atoms with Gasteiger partial charge < -0.3 is 14.4 Å². The number of carbonyl (C=O) groups excluding carboxylic acids is 2. The summed E-state index contributed by atoms with van der Waals surface area (Å²) in [6.45, 7) is 1.28. The molecule has 1 aliphatic rings. The van der Waals surface area contributed by atoms with Crippen molar-refractivity contribution in [2.24, 2.45) is 5.92 Å². The molecule has 1 saturated heterocycles. The van der Waals surface area contributed by atoms with Gasteiger partial charge >= 0.3 is 0 Å². The second-order valence-electron chi connectivity index (χ2n) is 9.73. The lowest BCUT2D eigenvalue weighted by molar-refractivity contribution is 0.0691. The van der Waals surface area contributed by atoms with Crippen LogP contribution in [0, 0.1) is 5.92 Å². The molecule has 1 aromatic heterocycles. The van der Waals surface area contributed by atoms with Crippen molar-refractivity contribution in [3.05, 3.63) is 106 Å². The summed E-state index contributed by atoms with van der Waals surface area (Å²) in [4.78, 5) is 42.0. The Bertz CT molecular complexity index is 1530. The number of benzene rings is 3. The largest absolute Gasteiger partial charge is 0.497 e. The molecular weight excluding hydrogens is 494 g/mol. The highest BCUT2D eigenvalue weighted by Crippen LogP contribution is 2.25. The first-order valence-electron chi connectivity index (χ1n) is 13.0. The van der Waals surface area contributed by atoms with Crippen molar-refractivity contribution < 1.29 is 19.1 Å². The number of fused-ring (bicyclic) bond motifs is 1. The van der Waals surface area contributed by atoms with Crippen LogP contribution in [0.25, 0.3) is 10.8 Å². The van der Waals surface area contributed by atoms with Gasteiger partial charge in [0.05, 0.1) is 19.8 Å². The van der Waals surface area contributed by atoms with Gasteiger partial charge in [0.1, 0.15) is 11.5 Å². The van der Waals surface area contributed by atoms with Crippen molar-refractivity contribution in [1.29, 1.82) is 0 Å². The number of amides is 2. The highest BCUT2D eigenvalue weighted by Gasteiger charge is 2.26. The standard InChI is InChI=1S/C31H31N3O5/c1-38-24-17-23(18-25(19-24)39-2)29(35)32-34-20-28(26-10-6-7-11-27(26)31(34)37)30(36)33-14-12-22(13-15-33)16-21-8-4-3-5-9-21/h3-11,17-20,22H,12-16H2,1-2H3,(H,32,35). The number of aromatic nitrogens is 1. The molecule has 200 valence electrons. The van der Waals surface area contributed by atoms with Gasteiger partial charge in [0, 0.05) is 41.7 Å². The summed E-state index contributed by atoms with van der Waals surface area (Å²) in [6, 6.07) is 22.1. The summed E-state index contributed by atoms with van der Waals surface area (Å²) in [5.74, 6) is 0.704. The maximum Gasteiger partial charge on any atom is 0.277 e. The lowest BCUT2D eigenvalue weighted by Crippen LogP contribution is -2.40. The Morgan fingerprint density at radius 2 is 1.49 bits per heavy atom. The Morgan fingerprint density at radius 3 is 2.13 bits per heavy atom. The predicted molar refractivity (Wildman–Crippen MR) is 150 cm³/mol. The Morgan fingerprint density at radius 1 is 0.872 bits per heavy atom. The molecule has 8 nitrogen and oxygen atoms in total. The van der Waals surface area contributed by atoms with Crippen LogP contribution in [0.2, 0.25) is 0 Å². The summed E-state index contributed by atoms with van der Waals surface area (Å²) >= 11 is 0. The fourth-order valence-corrected chi connectivity index (χ4v) is 5.12. The lowest BCUT2D eigenvalue weighted by atomic mass is 9.90. The van der Waals surface area contributed by atoms with E-state index in [1.165, 1.54) is 26.0 Å². The number of nitrogens with zero attached hydrogens (tertiary/aromatic N) is 2. The zero-order valence-electron chi connectivity index (χ0n) is 22.1. The van der Waals surface area contributed by atoms with Crippen LogP contribution in [0.5, 0.6) is 11.5 Å². The lowest BCUT2D eigenvalue weighted by Gasteiger charge is -2.32. The number of carbonyl (C=O) groups is 2. The second kappa shape index (κ2) is 11.4. The topological polar surface area (TPSA) is 89.9 Å². The Balaban J connectivity index is 1.40. The number of pyridine rings is 1. The van der Waals surface area contributed by atoms with E-state index in [1.807, 2.05) is 11.0 Å². The zero-order chi connectivity index (χ0) is 27.4. The second-order valence-corrected chi connectivity index (χ2v) is 9.73. The third kappa shape index (κ3) is 5.65. The molecule has 4 aromatic rings. The van der Waals surface area contributed by atoms with E-state index in [1.54, 1.807) is 42.5 Å². The quantitative estimate of drug-likeness (QED) is 0.384. The van der Waals surface area contributed by atoms with Gasteiger partial charge in [0.25, 0.3) is 17.4 Å². The minimum atomic E-state index is -0.537. The highest BCUT2D eigenvalue weighted by atomic mass is 16.5. The molecule has 0 bridgehead atoms. The van der Waals surface area contributed by atoms with Gasteiger partial charge in [-0.1, -0.05) is 48.5 Å². The number of ether oxygens (including phenoxy) is 2. The molecule has 0 unspecified atom stereocenters. The number of methoxy groups -OCH3 is 2. The van der Waals surface area contributed by atoms with Crippen LogP contribution >= 0.6 is 0 Å². The fraction of sp³-hybridized carbons (Fsp3) is 0.258. The van der Waals surface area contributed by atoms with E-state index in [0.29, 0.717) is 46.8 Å². The zero-order valence-corrected chi connectivity index (χ0v) is 22.1. The number of rotatable bonds is 7. The molecule has 0 aliphatic carbocycles. The number of nitrogens with one attached hydrogen (secondary N) is 1. The van der Waals surface area contributed by atoms with Crippen molar-refractivity contribution in [2.45, 2.75) is 19.3 Å². The van der Waals surface area contributed by atoms with Gasteiger partial charge in [-0.05, 0) is 48.9 Å². The van der Waals surface area contributed by atoms with Gasteiger partial charge in [-0.25, -0.2) is 4.68 Å². The van der Waals surface area contributed by atoms with Gasteiger partial charge in [-0.3, -0.25) is 19.8 Å². The molecule has 0 radical (unpaired) electrons. The molecule has 0 saturated carbocycles. The summed E-state index contributed by atoms with van der Waals surface area (Å²) in [5, 5.41) is 0.915. The van der Waals surface area contributed by atoms with Crippen molar-refractivity contribution in [2.75, 3.05) is 32.7 Å². The molecule has 5 rings (SSSR count). The van der Waals surface area contributed by atoms with Crippen molar-refractivity contribution in [3.63, 3.8) is 0 Å². The third-order valence-electron chi connectivity index (χ3n) is 7.26. The van der Waals surface area contributed by atoms with Crippen molar-refractivity contribution in [3.8, 4) is 11.5 Å². The van der Waals surface area contributed by atoms with Crippen LogP contribution in [0.1, 0.15) is 39.1 Å². The number of likely N-dealkylation sites (tertiary alicyclic amines) is 1. The van der Waals surface area contributed by atoms with E-state index in [2.05, 4.69) is 29.7 Å². The van der Waals surface area contributed by atoms with Crippen LogP contribution in [0.4, 0.5) is 0 Å². The van der Waals surface area contributed by atoms with Gasteiger partial charge in [-0.15, -0.1) is 0 Å². The Labute approximate surface area is 226 Å². The maximum atomic E-state index is 13.7. The molecule has 2 heterocycles. The number of hydrogen-bond donors (Lipinski definition) is 1. The third-order valence-corrected chi connectivity index (χ3v) is 7.26. The first-order chi connectivity index (χ1) is 19.0. The molecule has 39 heavy (non-hydrogen) atoms. The SMILES string of the molecule is COc1cc(OC)cc(C(=O)Nn2cc(C(=O)N3CCC(Cc4ccccc4)CC3)c3ccccc3c2=O)c1. The molecule has 0 atom stereocenters. The van der Waals surface area contributed by atoms with E-state index in [4.69, 9.17) is 9.47 Å². The van der Waals surface area contributed by atoms with Crippen LogP contribution in [-0.2, 0) is 6.42 Å². The van der Waals surface area contributed by atoms with E-state index in [0.717, 1.165) is 23.9 Å². The maximum absolute atomic E-state index is 13.7. The van der Waals surface area contributed by atoms with Crippen molar-refractivity contribution >= 4 is 22.6 Å². The Hall–Kier alpha value is -4.59. The molecule has 8 heteroatoms. The van der Waals surface area contributed by atoms with Gasteiger partial charge in [0.2, 0.25) is 0 Å². The normalized spacial score (nSPS) is 13.7. The van der Waals surface area contributed by atoms with Crippen LogP contribution < -0.4 is 20.5 Å². The van der Waals surface area contributed by atoms with E-state index < -0.39 is 11.5 Å². The molecule has 3 aromatic carbocycles. The van der Waals surface area contributed by atoms with E-state index >= 15 is 0 Å². The van der Waals surface area contributed by atoms with Crippen LogP contribution in [0.3, 0.4) is 0 Å². The first kappa shape index (κ1) is 26.0. The smallest absolute Gasteiger partial charge is 0.277 e. The first-order valence-corrected chi connectivity index (χ1v) is 13.0. The summed E-state index contributed by atoms with van der Waals surface area (Å²) in [7, 11) is 2.99. The Kier molecular flexibility index (Phi) is 7.63. The average Bonchev–Trinajstić information content (AvgIpc) is 2.98. The van der Waals surface area contributed by atoms with Gasteiger partial charge in [-0.2, -0.15) is 0 Å². The molecule has 2 amide bonds. The predicted octanol–water partition coefficient (Wildman–Crippen LogP) is 4.50. The monoisotopic (exact) mass is 525 g/mol. The van der Waals surface area contributed by atoms with Crippen LogP contribution in [0.15, 0.2) is 83.8 Å². The fourth-order valence-electron chi connectivity index (χ4n) is 5.12. The molecule has 0 spiro atoms. The minimum absolute atomic E-state index is 0.157. The number of piperidine rings is 1. The van der Waals surface area contributed by atoms with Crippen molar-refractivity contribution in [1.82, 2.24) is 9.58 Å². The molecule has 1 fully saturated rings. The number of hydrogen-bond acceptors (Lipinski definition) is 5. The van der Waals surface area contributed by atoms with E-state index in [-0.39, 0.29) is 11.5 Å². The van der Waals surface area contributed by atoms with Crippen LogP contribution in [-0.4, -0.2) is 48.7 Å². The van der Waals surface area contributed by atoms with E-state index in [9.17, 15) is 14.4 Å². The summed E-state index contributed by atoms with van der Waals surface area (Å²) in [6.07, 6.45) is 4.25. The molecule has 1 aliphatic heterocycles. The molecule has 1 N–H and O–H groups in total. The molecular formula is C31H31N3O5.